The van der Waals surface area contributed by atoms with Gasteiger partial charge in [0.2, 0.25) is 0 Å². The zero-order valence-electron chi connectivity index (χ0n) is 12.0. The number of hydrogen-bond acceptors (Lipinski definition) is 5. The van der Waals surface area contributed by atoms with Gasteiger partial charge < -0.3 is 4.74 Å². The van der Waals surface area contributed by atoms with Crippen molar-refractivity contribution in [2.45, 2.75) is 6.92 Å². The Labute approximate surface area is 127 Å². The molecule has 3 rings (SSSR count). The molecule has 0 N–H and O–H groups in total. The zero-order valence-corrected chi connectivity index (χ0v) is 12.0. The fraction of sp³-hybridized carbons (Fsp3) is 0.125. The number of hydrogen-bond donors (Lipinski definition) is 0. The van der Waals surface area contributed by atoms with Gasteiger partial charge in [0.05, 0.1) is 6.61 Å². The summed E-state index contributed by atoms with van der Waals surface area (Å²) in [4.78, 5) is 20.8. The first kappa shape index (κ1) is 13.9. The van der Waals surface area contributed by atoms with E-state index in [-0.39, 0.29) is 12.3 Å². The zero-order chi connectivity index (χ0) is 15.4. The molecule has 0 bridgehead atoms. The van der Waals surface area contributed by atoms with E-state index in [2.05, 4.69) is 15.1 Å². The Morgan fingerprint density at radius 1 is 1.23 bits per heavy atom. The Balaban J connectivity index is 2.11. The highest BCUT2D eigenvalue weighted by atomic mass is 16.5. The first-order chi connectivity index (χ1) is 10.8. The van der Waals surface area contributed by atoms with Crippen molar-refractivity contribution in [2.24, 2.45) is 0 Å². The summed E-state index contributed by atoms with van der Waals surface area (Å²) in [6.45, 7) is 2.05. The van der Waals surface area contributed by atoms with E-state index in [0.717, 1.165) is 5.56 Å². The molecule has 3 aromatic rings. The van der Waals surface area contributed by atoms with Crippen LogP contribution in [0.3, 0.4) is 0 Å². The molecule has 0 aliphatic carbocycles. The standard InChI is InChI=1S/C16H14N4O2/c1-2-22-15(21)14-13(12-7-4-3-5-8-12)11-17-16(19-14)20-10-6-9-18-20/h3-11H,2H2,1H3. The van der Waals surface area contributed by atoms with E-state index in [9.17, 15) is 4.79 Å². The lowest BCUT2D eigenvalue weighted by molar-refractivity contribution is 0.0520. The summed E-state index contributed by atoms with van der Waals surface area (Å²) in [6, 6.07) is 11.3. The second kappa shape index (κ2) is 6.17. The lowest BCUT2D eigenvalue weighted by atomic mass is 10.1. The van der Waals surface area contributed by atoms with Crippen LogP contribution in [-0.2, 0) is 4.74 Å². The van der Waals surface area contributed by atoms with E-state index < -0.39 is 5.97 Å². The van der Waals surface area contributed by atoms with Crippen LogP contribution in [0.15, 0.2) is 55.0 Å². The maximum Gasteiger partial charge on any atom is 0.357 e. The summed E-state index contributed by atoms with van der Waals surface area (Å²) >= 11 is 0. The predicted octanol–water partition coefficient (Wildman–Crippen LogP) is 2.51. The molecule has 0 radical (unpaired) electrons. The maximum atomic E-state index is 12.2. The van der Waals surface area contributed by atoms with Crippen LogP contribution in [-0.4, -0.2) is 32.3 Å². The summed E-state index contributed by atoms with van der Waals surface area (Å²) in [5, 5.41) is 4.07. The van der Waals surface area contributed by atoms with Crippen molar-refractivity contribution in [2.75, 3.05) is 6.61 Å². The first-order valence-electron chi connectivity index (χ1n) is 6.89. The number of aromatic nitrogens is 4. The highest BCUT2D eigenvalue weighted by molar-refractivity contribution is 5.95. The third-order valence-electron chi connectivity index (χ3n) is 3.04. The van der Waals surface area contributed by atoms with E-state index in [1.807, 2.05) is 30.3 Å². The number of carbonyl (C=O) groups is 1. The molecular formula is C16H14N4O2. The highest BCUT2D eigenvalue weighted by Crippen LogP contribution is 2.22. The SMILES string of the molecule is CCOC(=O)c1nc(-n2cccn2)ncc1-c1ccccc1. The minimum Gasteiger partial charge on any atom is -0.461 e. The van der Waals surface area contributed by atoms with Gasteiger partial charge in [0.15, 0.2) is 5.69 Å². The monoisotopic (exact) mass is 294 g/mol. The van der Waals surface area contributed by atoms with Crippen molar-refractivity contribution < 1.29 is 9.53 Å². The van der Waals surface area contributed by atoms with Gasteiger partial charge in [-0.2, -0.15) is 5.10 Å². The lowest BCUT2D eigenvalue weighted by Crippen LogP contribution is -2.13. The summed E-state index contributed by atoms with van der Waals surface area (Å²) in [5.74, 6) is -0.148. The van der Waals surface area contributed by atoms with Crippen molar-refractivity contribution in [3.05, 3.63) is 60.7 Å². The fourth-order valence-electron chi connectivity index (χ4n) is 2.05. The molecule has 0 unspecified atom stereocenters. The number of carbonyl (C=O) groups excluding carboxylic acids is 1. The molecule has 1 aromatic carbocycles. The largest absolute Gasteiger partial charge is 0.461 e. The third-order valence-corrected chi connectivity index (χ3v) is 3.04. The normalized spacial score (nSPS) is 10.4. The van der Waals surface area contributed by atoms with Gasteiger partial charge in [-0.15, -0.1) is 0 Å². The number of esters is 1. The van der Waals surface area contributed by atoms with Crippen molar-refractivity contribution in [3.8, 4) is 17.1 Å². The molecule has 2 aromatic heterocycles. The molecule has 6 nitrogen and oxygen atoms in total. The number of rotatable bonds is 4. The van der Waals surface area contributed by atoms with Crippen LogP contribution in [0.5, 0.6) is 0 Å². The molecule has 0 spiro atoms. The van der Waals surface area contributed by atoms with Crippen LogP contribution in [0.25, 0.3) is 17.1 Å². The van der Waals surface area contributed by atoms with E-state index >= 15 is 0 Å². The van der Waals surface area contributed by atoms with Crippen LogP contribution in [0.1, 0.15) is 17.4 Å². The Bertz CT molecular complexity index is 770. The summed E-state index contributed by atoms with van der Waals surface area (Å²) in [5.41, 5.74) is 1.72. The number of benzene rings is 1. The van der Waals surface area contributed by atoms with Gasteiger partial charge in [-0.25, -0.2) is 19.4 Å². The van der Waals surface area contributed by atoms with Gasteiger partial charge in [-0.05, 0) is 18.6 Å². The molecule has 110 valence electrons. The van der Waals surface area contributed by atoms with Crippen LogP contribution in [0.4, 0.5) is 0 Å². The molecular weight excluding hydrogens is 280 g/mol. The van der Waals surface area contributed by atoms with E-state index in [1.54, 1.807) is 31.6 Å². The van der Waals surface area contributed by atoms with Crippen LogP contribution >= 0.6 is 0 Å². The molecule has 0 aliphatic rings. The second-order valence-corrected chi connectivity index (χ2v) is 4.47. The third kappa shape index (κ3) is 2.71. The predicted molar refractivity (Wildman–Crippen MR) is 80.5 cm³/mol. The van der Waals surface area contributed by atoms with E-state index in [4.69, 9.17) is 4.74 Å². The van der Waals surface area contributed by atoms with E-state index in [0.29, 0.717) is 11.5 Å². The van der Waals surface area contributed by atoms with Gasteiger partial charge in [0.1, 0.15) is 0 Å². The Morgan fingerprint density at radius 3 is 2.73 bits per heavy atom. The first-order valence-corrected chi connectivity index (χ1v) is 6.89. The van der Waals surface area contributed by atoms with Gasteiger partial charge in [-0.1, -0.05) is 30.3 Å². The Hall–Kier alpha value is -3.02. The molecule has 0 saturated carbocycles. The van der Waals surface area contributed by atoms with Crippen molar-refractivity contribution in [1.82, 2.24) is 19.7 Å². The molecule has 0 atom stereocenters. The summed E-state index contributed by atoms with van der Waals surface area (Å²) in [6.07, 6.45) is 4.95. The molecule has 2 heterocycles. The van der Waals surface area contributed by atoms with Crippen LogP contribution in [0, 0.1) is 0 Å². The van der Waals surface area contributed by atoms with Crippen molar-refractivity contribution in [1.29, 1.82) is 0 Å². The van der Waals surface area contributed by atoms with Gasteiger partial charge in [0, 0.05) is 24.2 Å². The average Bonchev–Trinajstić information content (AvgIpc) is 3.10. The molecule has 0 fully saturated rings. The lowest BCUT2D eigenvalue weighted by Gasteiger charge is -2.09. The fourth-order valence-corrected chi connectivity index (χ4v) is 2.05. The van der Waals surface area contributed by atoms with Crippen molar-refractivity contribution in [3.63, 3.8) is 0 Å². The van der Waals surface area contributed by atoms with Crippen molar-refractivity contribution >= 4 is 5.97 Å². The molecule has 6 heteroatoms. The quantitative estimate of drug-likeness (QED) is 0.691. The Morgan fingerprint density at radius 2 is 2.05 bits per heavy atom. The molecule has 0 saturated heterocycles. The van der Waals surface area contributed by atoms with Crippen LogP contribution in [0.2, 0.25) is 0 Å². The summed E-state index contributed by atoms with van der Waals surface area (Å²) in [7, 11) is 0. The topological polar surface area (TPSA) is 69.9 Å². The minimum atomic E-state index is -0.475. The van der Waals surface area contributed by atoms with Gasteiger partial charge >= 0.3 is 5.97 Å². The maximum absolute atomic E-state index is 12.2. The smallest absolute Gasteiger partial charge is 0.357 e. The minimum absolute atomic E-state index is 0.230. The highest BCUT2D eigenvalue weighted by Gasteiger charge is 2.18. The molecule has 0 aliphatic heterocycles. The number of ether oxygens (including phenoxy) is 1. The number of nitrogens with zero attached hydrogens (tertiary/aromatic N) is 4. The van der Waals surface area contributed by atoms with Gasteiger partial charge in [-0.3, -0.25) is 0 Å². The molecule has 0 amide bonds. The van der Waals surface area contributed by atoms with E-state index in [1.165, 1.54) is 4.68 Å². The average molecular weight is 294 g/mol. The molecule has 22 heavy (non-hydrogen) atoms. The van der Waals surface area contributed by atoms with Crippen LogP contribution < -0.4 is 0 Å². The summed E-state index contributed by atoms with van der Waals surface area (Å²) < 4.78 is 6.60. The second-order valence-electron chi connectivity index (χ2n) is 4.47. The van der Waals surface area contributed by atoms with Gasteiger partial charge in [0.25, 0.3) is 5.95 Å². The Kier molecular flexibility index (Phi) is 3.91.